The van der Waals surface area contributed by atoms with E-state index in [1.165, 1.54) is 18.4 Å². The van der Waals surface area contributed by atoms with Gasteiger partial charge < -0.3 is 14.8 Å². The maximum absolute atomic E-state index is 12.4. The minimum absolute atomic E-state index is 0.0909. The Morgan fingerprint density at radius 2 is 2.13 bits per heavy atom. The van der Waals surface area contributed by atoms with Crippen molar-refractivity contribution in [2.45, 2.75) is 58.7 Å². The summed E-state index contributed by atoms with van der Waals surface area (Å²) in [6.07, 6.45) is 7.99. The number of methoxy groups -OCH3 is 2. The van der Waals surface area contributed by atoms with Crippen molar-refractivity contribution >= 4 is 5.91 Å². The predicted octanol–water partition coefficient (Wildman–Crippen LogP) is 3.79. The number of likely N-dealkylation sites (tertiary alicyclic amines) is 1. The number of hydrogen-bond acceptors (Lipinski definition) is 5. The Kier molecular flexibility index (Phi) is 8.35. The van der Waals surface area contributed by atoms with Crippen molar-refractivity contribution in [1.29, 1.82) is 0 Å². The van der Waals surface area contributed by atoms with Gasteiger partial charge in [-0.15, -0.1) is 0 Å². The summed E-state index contributed by atoms with van der Waals surface area (Å²) in [4.78, 5) is 14.9. The Labute approximate surface area is 185 Å². The molecule has 1 amide bonds. The van der Waals surface area contributed by atoms with Gasteiger partial charge in [0.1, 0.15) is 11.5 Å². The van der Waals surface area contributed by atoms with E-state index in [0.29, 0.717) is 24.9 Å². The van der Waals surface area contributed by atoms with E-state index in [-0.39, 0.29) is 5.91 Å². The molecule has 1 atom stereocenters. The topological polar surface area (TPSA) is 68.6 Å². The van der Waals surface area contributed by atoms with Gasteiger partial charge in [-0.05, 0) is 57.7 Å². The maximum Gasteiger partial charge on any atom is 0.220 e. The predicted molar refractivity (Wildman–Crippen MR) is 121 cm³/mol. The van der Waals surface area contributed by atoms with E-state index in [9.17, 15) is 4.79 Å². The lowest BCUT2D eigenvalue weighted by atomic mass is 9.93. The fourth-order valence-electron chi connectivity index (χ4n) is 4.15. The van der Waals surface area contributed by atoms with Gasteiger partial charge in [-0.2, -0.15) is 5.10 Å². The zero-order valence-electron chi connectivity index (χ0n) is 19.3. The van der Waals surface area contributed by atoms with Crippen LogP contribution in [0.1, 0.15) is 56.7 Å². The van der Waals surface area contributed by atoms with Crippen molar-refractivity contribution in [3.05, 3.63) is 41.7 Å². The smallest absolute Gasteiger partial charge is 0.220 e. The van der Waals surface area contributed by atoms with Crippen LogP contribution in [0, 0.1) is 5.92 Å². The van der Waals surface area contributed by atoms with Crippen molar-refractivity contribution in [3.63, 3.8) is 0 Å². The molecule has 0 bridgehead atoms. The van der Waals surface area contributed by atoms with Gasteiger partial charge >= 0.3 is 0 Å². The normalized spacial score (nSPS) is 17.0. The summed E-state index contributed by atoms with van der Waals surface area (Å²) in [6.45, 7) is 7.85. The van der Waals surface area contributed by atoms with Crippen LogP contribution in [0.25, 0.3) is 0 Å². The van der Waals surface area contributed by atoms with Gasteiger partial charge in [0.15, 0.2) is 0 Å². The van der Waals surface area contributed by atoms with E-state index in [2.05, 4.69) is 35.4 Å². The Hall–Kier alpha value is -2.54. The summed E-state index contributed by atoms with van der Waals surface area (Å²) in [7, 11) is 3.25. The van der Waals surface area contributed by atoms with E-state index in [1.54, 1.807) is 14.2 Å². The van der Waals surface area contributed by atoms with Crippen LogP contribution in [0.2, 0.25) is 0 Å². The zero-order valence-corrected chi connectivity index (χ0v) is 19.3. The third-order valence-electron chi connectivity index (χ3n) is 5.94. The summed E-state index contributed by atoms with van der Waals surface area (Å²) in [6, 6.07) is 6.03. The zero-order chi connectivity index (χ0) is 22.2. The number of nitrogens with one attached hydrogen (secondary N) is 1. The second kappa shape index (κ2) is 11.2. The summed E-state index contributed by atoms with van der Waals surface area (Å²) in [5.41, 5.74) is 2.21. The number of ether oxygens (including phenoxy) is 2. The number of carbonyl (C=O) groups is 1. The fourth-order valence-corrected chi connectivity index (χ4v) is 4.15. The quantitative estimate of drug-likeness (QED) is 0.624. The first kappa shape index (κ1) is 23.1. The number of carbonyl (C=O) groups excluding carboxylic acids is 1. The van der Waals surface area contributed by atoms with E-state index in [0.717, 1.165) is 43.1 Å². The van der Waals surface area contributed by atoms with Gasteiger partial charge in [0.2, 0.25) is 5.91 Å². The van der Waals surface area contributed by atoms with Gasteiger partial charge in [-0.1, -0.05) is 0 Å². The monoisotopic (exact) mass is 428 g/mol. The average molecular weight is 429 g/mol. The lowest BCUT2D eigenvalue weighted by molar-refractivity contribution is -0.121. The first-order chi connectivity index (χ1) is 15.0. The SMILES string of the molecule is COc1ccc(CNC(=O)CCC2CCCN(Cc3cnn(C(C)C)c3)C2)c(OC)c1. The third-order valence-corrected chi connectivity index (χ3v) is 5.94. The highest BCUT2D eigenvalue weighted by Gasteiger charge is 2.21. The lowest BCUT2D eigenvalue weighted by Gasteiger charge is -2.32. The molecule has 1 aliphatic rings. The number of amides is 1. The van der Waals surface area contributed by atoms with E-state index in [1.807, 2.05) is 29.1 Å². The molecule has 1 aromatic heterocycles. The lowest BCUT2D eigenvalue weighted by Crippen LogP contribution is -2.35. The van der Waals surface area contributed by atoms with Crippen molar-refractivity contribution in [3.8, 4) is 11.5 Å². The summed E-state index contributed by atoms with van der Waals surface area (Å²) >= 11 is 0. The summed E-state index contributed by atoms with van der Waals surface area (Å²) in [5.74, 6) is 2.12. The Bertz CT molecular complexity index is 849. The Morgan fingerprint density at radius 3 is 2.84 bits per heavy atom. The molecule has 31 heavy (non-hydrogen) atoms. The number of rotatable bonds is 10. The highest BCUT2D eigenvalue weighted by molar-refractivity contribution is 5.75. The maximum atomic E-state index is 12.4. The minimum atomic E-state index is 0.0909. The van der Waals surface area contributed by atoms with Crippen molar-refractivity contribution in [2.24, 2.45) is 5.92 Å². The Morgan fingerprint density at radius 1 is 1.29 bits per heavy atom. The number of piperidine rings is 1. The number of aromatic nitrogens is 2. The molecule has 0 saturated carbocycles. The van der Waals surface area contributed by atoms with Crippen LogP contribution in [0.3, 0.4) is 0 Å². The van der Waals surface area contributed by atoms with Crippen molar-refractivity contribution < 1.29 is 14.3 Å². The van der Waals surface area contributed by atoms with Crippen LogP contribution in [0.15, 0.2) is 30.6 Å². The molecule has 2 aromatic rings. The number of hydrogen-bond donors (Lipinski definition) is 1. The van der Waals surface area contributed by atoms with Crippen molar-refractivity contribution in [1.82, 2.24) is 20.0 Å². The first-order valence-electron chi connectivity index (χ1n) is 11.2. The second-order valence-corrected chi connectivity index (χ2v) is 8.66. The molecule has 7 nitrogen and oxygen atoms in total. The van der Waals surface area contributed by atoms with Crippen molar-refractivity contribution in [2.75, 3.05) is 27.3 Å². The van der Waals surface area contributed by atoms with Crippen LogP contribution in [0.5, 0.6) is 11.5 Å². The molecule has 1 N–H and O–H groups in total. The molecule has 1 saturated heterocycles. The molecule has 3 rings (SSSR count). The second-order valence-electron chi connectivity index (χ2n) is 8.66. The molecule has 170 valence electrons. The molecule has 1 unspecified atom stereocenters. The molecule has 2 heterocycles. The Balaban J connectivity index is 1.42. The highest BCUT2D eigenvalue weighted by Crippen LogP contribution is 2.25. The summed E-state index contributed by atoms with van der Waals surface area (Å²) < 4.78 is 12.6. The van der Waals surface area contributed by atoms with Crippen LogP contribution in [-0.2, 0) is 17.9 Å². The molecule has 1 fully saturated rings. The van der Waals surface area contributed by atoms with Gasteiger partial charge in [0, 0.05) is 55.5 Å². The van der Waals surface area contributed by atoms with Gasteiger partial charge in [-0.25, -0.2) is 0 Å². The molecule has 7 heteroatoms. The third kappa shape index (κ3) is 6.72. The van der Waals surface area contributed by atoms with Gasteiger partial charge in [0.25, 0.3) is 0 Å². The molecule has 0 aliphatic carbocycles. The van der Waals surface area contributed by atoms with E-state index < -0.39 is 0 Å². The van der Waals surface area contributed by atoms with E-state index >= 15 is 0 Å². The standard InChI is InChI=1S/C24H36N4O3/c1-18(2)28-17-20(13-26-28)16-27-11-5-6-19(15-27)7-10-24(29)25-14-21-8-9-22(30-3)12-23(21)31-4/h8-9,12-13,17-19H,5-7,10-11,14-16H2,1-4H3,(H,25,29). The van der Waals surface area contributed by atoms with Crippen LogP contribution in [0.4, 0.5) is 0 Å². The van der Waals surface area contributed by atoms with Crippen LogP contribution >= 0.6 is 0 Å². The average Bonchev–Trinajstić information content (AvgIpc) is 3.25. The molecular weight excluding hydrogens is 392 g/mol. The molecule has 1 aliphatic heterocycles. The minimum Gasteiger partial charge on any atom is -0.497 e. The highest BCUT2D eigenvalue weighted by atomic mass is 16.5. The number of benzene rings is 1. The molecular formula is C24H36N4O3. The molecule has 0 radical (unpaired) electrons. The number of nitrogens with zero attached hydrogens (tertiary/aromatic N) is 3. The van der Waals surface area contributed by atoms with Gasteiger partial charge in [0.05, 0.1) is 20.4 Å². The van der Waals surface area contributed by atoms with E-state index in [4.69, 9.17) is 9.47 Å². The first-order valence-corrected chi connectivity index (χ1v) is 11.2. The fraction of sp³-hybridized carbons (Fsp3) is 0.583. The largest absolute Gasteiger partial charge is 0.497 e. The van der Waals surface area contributed by atoms with Crippen LogP contribution < -0.4 is 14.8 Å². The summed E-state index contributed by atoms with van der Waals surface area (Å²) in [5, 5.41) is 7.48. The molecule has 0 spiro atoms. The van der Waals surface area contributed by atoms with Crippen LogP contribution in [-0.4, -0.2) is 47.9 Å². The van der Waals surface area contributed by atoms with Gasteiger partial charge in [-0.3, -0.25) is 14.4 Å². The molecule has 1 aromatic carbocycles.